The van der Waals surface area contributed by atoms with E-state index in [0.29, 0.717) is 42.4 Å². The number of amides is 1. The molecule has 1 aliphatic carbocycles. The first kappa shape index (κ1) is 23.3. The van der Waals surface area contributed by atoms with Gasteiger partial charge in [-0.3, -0.25) is 14.4 Å². The van der Waals surface area contributed by atoms with E-state index in [1.807, 2.05) is 9.47 Å². The molecule has 180 valence electrons. The van der Waals surface area contributed by atoms with E-state index >= 15 is 4.39 Å². The number of carbonyl (C=O) groups excluding carboxylic acids is 2. The number of carbonyl (C=O) groups is 2. The van der Waals surface area contributed by atoms with Crippen LogP contribution in [0.5, 0.6) is 0 Å². The topological polar surface area (TPSA) is 62.6 Å². The van der Waals surface area contributed by atoms with Crippen molar-refractivity contribution < 1.29 is 14.0 Å². The number of rotatable bonds is 5. The molecule has 1 saturated heterocycles. The zero-order chi connectivity index (χ0) is 24.7. The lowest BCUT2D eigenvalue weighted by atomic mass is 10.1. The summed E-state index contributed by atoms with van der Waals surface area (Å²) >= 11 is 5.91. The molecule has 1 aliphatic heterocycles. The molecule has 1 saturated carbocycles. The Kier molecular flexibility index (Phi) is 6.19. The van der Waals surface area contributed by atoms with Crippen LogP contribution in [-0.2, 0) is 4.79 Å². The molecule has 2 aromatic carbocycles. The van der Waals surface area contributed by atoms with Gasteiger partial charge in [-0.25, -0.2) is 4.39 Å². The van der Waals surface area contributed by atoms with Gasteiger partial charge in [0.05, 0.1) is 16.8 Å². The van der Waals surface area contributed by atoms with E-state index < -0.39 is 17.0 Å². The summed E-state index contributed by atoms with van der Waals surface area (Å²) < 4.78 is 17.2. The number of piperazine rings is 1. The van der Waals surface area contributed by atoms with Crippen LogP contribution < -0.4 is 10.3 Å². The van der Waals surface area contributed by atoms with Crippen LogP contribution in [0.1, 0.15) is 41.7 Å². The van der Waals surface area contributed by atoms with Gasteiger partial charge in [-0.15, -0.1) is 0 Å². The molecule has 1 amide bonds. The molecular formula is C27H25ClFN3O3. The number of allylic oxidation sites excluding steroid dienone is 1. The molecule has 0 spiro atoms. The second kappa shape index (κ2) is 9.30. The number of fused-ring (bicyclic) bond motifs is 1. The number of hydrogen-bond donors (Lipinski definition) is 0. The number of ketones is 1. The molecule has 2 heterocycles. The van der Waals surface area contributed by atoms with Gasteiger partial charge < -0.3 is 14.4 Å². The molecule has 8 heteroatoms. The first-order valence-corrected chi connectivity index (χ1v) is 12.1. The lowest BCUT2D eigenvalue weighted by Gasteiger charge is -2.36. The van der Waals surface area contributed by atoms with Gasteiger partial charge in [-0.2, -0.15) is 0 Å². The van der Waals surface area contributed by atoms with Gasteiger partial charge >= 0.3 is 0 Å². The largest absolute Gasteiger partial charge is 0.366 e. The molecule has 3 aromatic rings. The van der Waals surface area contributed by atoms with Crippen LogP contribution >= 0.6 is 11.6 Å². The molecule has 35 heavy (non-hydrogen) atoms. The van der Waals surface area contributed by atoms with Crippen LogP contribution in [0, 0.1) is 5.82 Å². The van der Waals surface area contributed by atoms with E-state index in [4.69, 9.17) is 11.6 Å². The van der Waals surface area contributed by atoms with E-state index in [0.717, 1.165) is 18.4 Å². The lowest BCUT2D eigenvalue weighted by molar-refractivity contribution is -0.129. The Morgan fingerprint density at radius 1 is 1.06 bits per heavy atom. The van der Waals surface area contributed by atoms with Gasteiger partial charge in [-0.05, 0) is 48.7 Å². The molecule has 0 atom stereocenters. The minimum absolute atomic E-state index is 0.00788. The van der Waals surface area contributed by atoms with E-state index in [-0.39, 0.29) is 22.9 Å². The third-order valence-electron chi connectivity index (χ3n) is 6.67. The first-order valence-electron chi connectivity index (χ1n) is 11.7. The number of nitrogens with zero attached hydrogens (tertiary/aromatic N) is 3. The number of pyridine rings is 1. The number of aromatic nitrogens is 1. The number of halogens is 2. The molecule has 0 bridgehead atoms. The summed E-state index contributed by atoms with van der Waals surface area (Å²) in [7, 11) is 0. The Morgan fingerprint density at radius 2 is 1.74 bits per heavy atom. The van der Waals surface area contributed by atoms with Crippen molar-refractivity contribution in [3.63, 3.8) is 0 Å². The van der Waals surface area contributed by atoms with Crippen LogP contribution in [0.3, 0.4) is 0 Å². The lowest BCUT2D eigenvalue weighted by Crippen LogP contribution is -2.48. The van der Waals surface area contributed by atoms with Gasteiger partial charge in [0.2, 0.25) is 11.3 Å². The maximum atomic E-state index is 15.2. The summed E-state index contributed by atoms with van der Waals surface area (Å²) in [5.41, 5.74) is 1.37. The zero-order valence-corrected chi connectivity index (χ0v) is 20.1. The molecule has 6 nitrogen and oxygen atoms in total. The van der Waals surface area contributed by atoms with Crippen molar-refractivity contribution in [2.45, 2.75) is 25.8 Å². The van der Waals surface area contributed by atoms with Crippen molar-refractivity contribution in [3.8, 4) is 0 Å². The van der Waals surface area contributed by atoms with Crippen molar-refractivity contribution in [2.24, 2.45) is 0 Å². The maximum absolute atomic E-state index is 15.2. The van der Waals surface area contributed by atoms with Crippen LogP contribution in [0.15, 0.2) is 53.5 Å². The SMILES string of the molecule is CC(=O)N1CCN(c2cc3c(cc2F)c(=O)c(C(=O)C=Cc2ccc(Cl)cc2)cn3C2CC2)CC1. The molecule has 1 aromatic heterocycles. The van der Waals surface area contributed by atoms with Crippen molar-refractivity contribution in [1.29, 1.82) is 0 Å². The van der Waals surface area contributed by atoms with Gasteiger partial charge in [0.1, 0.15) is 5.82 Å². The number of anilines is 1. The molecule has 2 fully saturated rings. The normalized spacial score (nSPS) is 16.3. The fourth-order valence-electron chi connectivity index (χ4n) is 4.53. The fourth-order valence-corrected chi connectivity index (χ4v) is 4.66. The highest BCUT2D eigenvalue weighted by molar-refractivity contribution is 6.30. The Morgan fingerprint density at radius 3 is 2.37 bits per heavy atom. The van der Waals surface area contributed by atoms with E-state index in [9.17, 15) is 14.4 Å². The van der Waals surface area contributed by atoms with E-state index in [2.05, 4.69) is 0 Å². The van der Waals surface area contributed by atoms with Crippen LogP contribution in [0.4, 0.5) is 10.1 Å². The van der Waals surface area contributed by atoms with Crippen LogP contribution in [0.25, 0.3) is 17.0 Å². The van der Waals surface area contributed by atoms with Gasteiger partial charge in [0.15, 0.2) is 5.78 Å². The quantitative estimate of drug-likeness (QED) is 0.382. The summed E-state index contributed by atoms with van der Waals surface area (Å²) in [4.78, 5) is 41.5. The van der Waals surface area contributed by atoms with Gasteiger partial charge in [-0.1, -0.05) is 29.8 Å². The minimum atomic E-state index is -0.505. The van der Waals surface area contributed by atoms with E-state index in [1.165, 1.54) is 19.1 Å². The van der Waals surface area contributed by atoms with Gasteiger partial charge in [0, 0.05) is 55.8 Å². The fraction of sp³-hybridized carbons (Fsp3) is 0.296. The first-order chi connectivity index (χ1) is 16.8. The highest BCUT2D eigenvalue weighted by Gasteiger charge is 2.28. The molecular weight excluding hydrogens is 469 g/mol. The molecule has 0 N–H and O–H groups in total. The Labute approximate surface area is 207 Å². The highest BCUT2D eigenvalue weighted by Crippen LogP contribution is 2.38. The summed E-state index contributed by atoms with van der Waals surface area (Å²) in [6.45, 7) is 3.61. The average molecular weight is 494 g/mol. The van der Waals surface area contributed by atoms with E-state index in [1.54, 1.807) is 47.5 Å². The molecule has 0 radical (unpaired) electrons. The molecule has 2 aliphatic rings. The second-order valence-electron chi connectivity index (χ2n) is 9.07. The Balaban J connectivity index is 1.51. The third-order valence-corrected chi connectivity index (χ3v) is 6.92. The standard InChI is InChI=1S/C27H25ClFN3O3/c1-17(33)30-10-12-31(13-11-30)25-15-24-21(14-23(25)29)27(35)22(16-32(24)20-7-8-20)26(34)9-4-18-2-5-19(28)6-3-18/h2-6,9,14-16,20H,7-8,10-13H2,1H3. The van der Waals surface area contributed by atoms with Crippen LogP contribution in [0.2, 0.25) is 5.02 Å². The predicted molar refractivity (Wildman–Crippen MR) is 136 cm³/mol. The monoisotopic (exact) mass is 493 g/mol. The highest BCUT2D eigenvalue weighted by atomic mass is 35.5. The molecule has 0 unspecified atom stereocenters. The van der Waals surface area contributed by atoms with Crippen molar-refractivity contribution in [2.75, 3.05) is 31.1 Å². The van der Waals surface area contributed by atoms with Crippen molar-refractivity contribution >= 4 is 46.0 Å². The summed E-state index contributed by atoms with van der Waals surface area (Å²) in [6.07, 6.45) is 6.50. The third kappa shape index (κ3) is 4.73. The van der Waals surface area contributed by atoms with Gasteiger partial charge in [0.25, 0.3) is 0 Å². The number of benzene rings is 2. The van der Waals surface area contributed by atoms with Crippen LogP contribution in [-0.4, -0.2) is 47.3 Å². The smallest absolute Gasteiger partial charge is 0.219 e. The maximum Gasteiger partial charge on any atom is 0.219 e. The van der Waals surface area contributed by atoms with Crippen molar-refractivity contribution in [3.05, 3.63) is 80.9 Å². The Hall–Kier alpha value is -3.45. The summed E-state index contributed by atoms with van der Waals surface area (Å²) in [5, 5.41) is 0.795. The molecule has 5 rings (SSSR count). The summed E-state index contributed by atoms with van der Waals surface area (Å²) in [5.74, 6) is -0.922. The number of hydrogen-bond acceptors (Lipinski definition) is 4. The Bertz CT molecular complexity index is 1400. The average Bonchev–Trinajstić information content (AvgIpc) is 3.69. The predicted octanol–water partition coefficient (Wildman–Crippen LogP) is 4.69. The van der Waals surface area contributed by atoms with Crippen molar-refractivity contribution in [1.82, 2.24) is 9.47 Å². The summed E-state index contributed by atoms with van der Waals surface area (Å²) in [6, 6.07) is 10.2. The zero-order valence-electron chi connectivity index (χ0n) is 19.3. The second-order valence-corrected chi connectivity index (χ2v) is 9.51. The minimum Gasteiger partial charge on any atom is -0.366 e.